The highest BCUT2D eigenvalue weighted by atomic mass is 35.5. The summed E-state index contributed by atoms with van der Waals surface area (Å²) in [4.78, 5) is 13.6. The fourth-order valence-electron chi connectivity index (χ4n) is 5.96. The number of rotatable bonds is 11. The van der Waals surface area contributed by atoms with Gasteiger partial charge in [0.2, 0.25) is 0 Å². The molecule has 6 rings (SSSR count). The molecule has 2 heterocycles. The lowest BCUT2D eigenvalue weighted by atomic mass is 10.1. The summed E-state index contributed by atoms with van der Waals surface area (Å²) >= 11 is 6.37. The smallest absolute Gasteiger partial charge is 0.416 e. The van der Waals surface area contributed by atoms with Crippen LogP contribution in [0.25, 0.3) is 10.9 Å². The Balaban J connectivity index is 1.49. The van der Waals surface area contributed by atoms with Crippen molar-refractivity contribution >= 4 is 39.9 Å². The molecule has 10 nitrogen and oxygen atoms in total. The Morgan fingerprint density at radius 2 is 1.77 bits per heavy atom. The van der Waals surface area contributed by atoms with Gasteiger partial charge in [0.1, 0.15) is 28.9 Å². The minimum atomic E-state index is -4.92. The number of methoxy groups -OCH3 is 2. The minimum Gasteiger partial charge on any atom is -0.497 e. The van der Waals surface area contributed by atoms with Gasteiger partial charge in [-0.25, -0.2) is 13.5 Å². The maximum atomic E-state index is 14.4. The number of anilines is 2. The standard InChI is InChI=1S/C36H33ClF5N5O5/c1-49-25-8-6-19(28(16-25)50-2)17-44-18-21-13-27(45-35(48)20-11-22(36(40,41)42)14-24(39)12-20)33(52-29-15-23(38)7-9-26(29)37)31-32(21)47(46-34(31)43)30-5-3-4-10-51-30/h6-9,11-16,30,44H,3-5,10,17-18H2,1-2H3,(H2,43,46)(H,45,48). The van der Waals surface area contributed by atoms with E-state index in [1.54, 1.807) is 23.9 Å². The number of carbonyl (C=O) groups is 1. The minimum absolute atomic E-state index is 0.00698. The topological polar surface area (TPSA) is 122 Å². The van der Waals surface area contributed by atoms with Crippen LogP contribution in [0, 0.1) is 11.6 Å². The van der Waals surface area contributed by atoms with Crippen molar-refractivity contribution in [2.75, 3.05) is 31.9 Å². The highest BCUT2D eigenvalue weighted by molar-refractivity contribution is 6.32. The molecule has 1 aromatic heterocycles. The molecule has 0 aliphatic carbocycles. The van der Waals surface area contributed by atoms with Crippen LogP contribution in [0.5, 0.6) is 23.0 Å². The van der Waals surface area contributed by atoms with E-state index >= 15 is 0 Å². The fraction of sp³-hybridized carbons (Fsp3) is 0.278. The zero-order chi connectivity index (χ0) is 37.2. The summed E-state index contributed by atoms with van der Waals surface area (Å²) in [5, 5.41) is 10.7. The number of amides is 1. The fourth-order valence-corrected chi connectivity index (χ4v) is 6.12. The first-order chi connectivity index (χ1) is 24.9. The summed E-state index contributed by atoms with van der Waals surface area (Å²) in [6, 6.07) is 11.8. The van der Waals surface area contributed by atoms with Gasteiger partial charge in [-0.1, -0.05) is 17.7 Å². The summed E-state index contributed by atoms with van der Waals surface area (Å²) < 4.78 is 94.1. The molecular weight excluding hydrogens is 713 g/mol. The molecule has 1 amide bonds. The number of hydrogen-bond donors (Lipinski definition) is 3. The van der Waals surface area contributed by atoms with Crippen LogP contribution in [0.4, 0.5) is 33.5 Å². The Kier molecular flexibility index (Phi) is 10.7. The molecule has 52 heavy (non-hydrogen) atoms. The molecule has 4 aromatic carbocycles. The number of fused-ring (bicyclic) bond motifs is 1. The van der Waals surface area contributed by atoms with E-state index in [2.05, 4.69) is 15.7 Å². The van der Waals surface area contributed by atoms with Crippen molar-refractivity contribution in [2.45, 2.75) is 44.8 Å². The maximum Gasteiger partial charge on any atom is 0.416 e. The monoisotopic (exact) mass is 745 g/mol. The summed E-state index contributed by atoms with van der Waals surface area (Å²) in [5.74, 6) is -2.22. The van der Waals surface area contributed by atoms with E-state index in [1.807, 2.05) is 6.07 Å². The second kappa shape index (κ2) is 15.2. The van der Waals surface area contributed by atoms with E-state index in [0.717, 1.165) is 30.5 Å². The van der Waals surface area contributed by atoms with Gasteiger partial charge in [-0.15, -0.1) is 0 Å². The van der Waals surface area contributed by atoms with Crippen LogP contribution in [-0.2, 0) is 24.0 Å². The van der Waals surface area contributed by atoms with Gasteiger partial charge in [-0.3, -0.25) is 4.79 Å². The lowest BCUT2D eigenvalue weighted by Crippen LogP contribution is -2.21. The first-order valence-corrected chi connectivity index (χ1v) is 16.4. The zero-order valence-electron chi connectivity index (χ0n) is 27.9. The third kappa shape index (κ3) is 7.86. The molecule has 0 spiro atoms. The van der Waals surface area contributed by atoms with Gasteiger partial charge in [-0.2, -0.15) is 18.3 Å². The first-order valence-electron chi connectivity index (χ1n) is 16.0. The van der Waals surface area contributed by atoms with E-state index in [4.69, 9.17) is 36.3 Å². The predicted molar refractivity (Wildman–Crippen MR) is 184 cm³/mol. The van der Waals surface area contributed by atoms with Crippen molar-refractivity contribution in [1.29, 1.82) is 0 Å². The molecule has 1 aliphatic rings. The van der Waals surface area contributed by atoms with Crippen LogP contribution in [0.1, 0.15) is 52.5 Å². The molecule has 4 N–H and O–H groups in total. The molecule has 0 saturated carbocycles. The number of nitrogens with two attached hydrogens (primary N) is 1. The van der Waals surface area contributed by atoms with E-state index < -0.39 is 41.1 Å². The van der Waals surface area contributed by atoms with Crippen molar-refractivity contribution < 1.29 is 45.7 Å². The maximum absolute atomic E-state index is 14.4. The summed E-state index contributed by atoms with van der Waals surface area (Å²) in [7, 11) is 3.07. The second-order valence-electron chi connectivity index (χ2n) is 11.9. The van der Waals surface area contributed by atoms with Crippen LogP contribution >= 0.6 is 11.6 Å². The normalized spacial score (nSPS) is 14.7. The zero-order valence-corrected chi connectivity index (χ0v) is 28.6. The number of ether oxygens (including phenoxy) is 4. The van der Waals surface area contributed by atoms with Crippen LogP contribution in [0.2, 0.25) is 5.02 Å². The van der Waals surface area contributed by atoms with E-state index in [0.29, 0.717) is 54.3 Å². The third-order valence-corrected chi connectivity index (χ3v) is 8.74. The van der Waals surface area contributed by atoms with Gasteiger partial charge in [0.05, 0.1) is 41.4 Å². The van der Waals surface area contributed by atoms with Crippen molar-refractivity contribution in [1.82, 2.24) is 15.1 Å². The molecule has 274 valence electrons. The molecule has 5 aromatic rings. The Hall–Kier alpha value is -5.12. The third-order valence-electron chi connectivity index (χ3n) is 8.43. The van der Waals surface area contributed by atoms with Gasteiger partial charge in [-0.05, 0) is 67.3 Å². The average molecular weight is 746 g/mol. The van der Waals surface area contributed by atoms with Crippen LogP contribution < -0.4 is 30.6 Å². The van der Waals surface area contributed by atoms with E-state index in [1.165, 1.54) is 19.2 Å². The summed E-state index contributed by atoms with van der Waals surface area (Å²) in [6.45, 7) is 0.910. The Labute approximate surface area is 299 Å². The second-order valence-corrected chi connectivity index (χ2v) is 12.3. The lowest BCUT2D eigenvalue weighted by molar-refractivity contribution is -0.137. The van der Waals surface area contributed by atoms with Gasteiger partial charge >= 0.3 is 6.18 Å². The summed E-state index contributed by atoms with van der Waals surface area (Å²) in [6.07, 6.45) is -3.14. The van der Waals surface area contributed by atoms with Gasteiger partial charge < -0.3 is 35.3 Å². The molecule has 16 heteroatoms. The molecule has 1 aliphatic heterocycles. The number of nitrogens with one attached hydrogen (secondary N) is 2. The number of hydrogen-bond acceptors (Lipinski definition) is 8. The number of carbonyl (C=O) groups excluding carboxylic acids is 1. The number of benzene rings is 4. The molecule has 1 fully saturated rings. The Bertz CT molecular complexity index is 2120. The first kappa shape index (κ1) is 36.7. The van der Waals surface area contributed by atoms with E-state index in [-0.39, 0.29) is 46.0 Å². The van der Waals surface area contributed by atoms with Crippen LogP contribution in [0.15, 0.2) is 60.7 Å². The largest absolute Gasteiger partial charge is 0.497 e. The molecule has 0 bridgehead atoms. The number of aromatic nitrogens is 2. The molecule has 1 unspecified atom stereocenters. The summed E-state index contributed by atoms with van der Waals surface area (Å²) in [5.41, 5.74) is 6.25. The SMILES string of the molecule is COc1ccc(CNCc2cc(NC(=O)c3cc(F)cc(C(F)(F)F)c3)c(Oc3cc(F)ccc3Cl)c3c(N)nn(C4CCCCO4)c23)c(OC)c1. The van der Waals surface area contributed by atoms with Gasteiger partial charge in [0.15, 0.2) is 17.8 Å². The highest BCUT2D eigenvalue weighted by Crippen LogP contribution is 2.45. The van der Waals surface area contributed by atoms with Gasteiger partial charge in [0.25, 0.3) is 5.91 Å². The lowest BCUT2D eigenvalue weighted by Gasteiger charge is -2.25. The number of alkyl halides is 3. The highest BCUT2D eigenvalue weighted by Gasteiger charge is 2.33. The van der Waals surface area contributed by atoms with Crippen LogP contribution in [0.3, 0.4) is 0 Å². The number of nitrogens with zero attached hydrogens (tertiary/aromatic N) is 2. The van der Waals surface area contributed by atoms with Crippen molar-refractivity contribution in [3.05, 3.63) is 99.6 Å². The molecular formula is C36H33ClF5N5O5. The Morgan fingerprint density at radius 1 is 0.981 bits per heavy atom. The quantitative estimate of drug-likeness (QED) is 0.115. The van der Waals surface area contributed by atoms with Crippen LogP contribution in [-0.4, -0.2) is 36.5 Å². The number of halogens is 6. The van der Waals surface area contributed by atoms with Gasteiger partial charge in [0, 0.05) is 43.0 Å². The predicted octanol–water partition coefficient (Wildman–Crippen LogP) is 8.62. The van der Waals surface area contributed by atoms with Crippen molar-refractivity contribution in [2.24, 2.45) is 0 Å². The van der Waals surface area contributed by atoms with Crippen molar-refractivity contribution in [3.63, 3.8) is 0 Å². The molecule has 1 saturated heterocycles. The van der Waals surface area contributed by atoms with Crippen molar-refractivity contribution in [3.8, 4) is 23.0 Å². The number of nitrogen functional groups attached to an aromatic ring is 1. The average Bonchev–Trinajstić information content (AvgIpc) is 3.47. The van der Waals surface area contributed by atoms with E-state index in [9.17, 15) is 26.7 Å². The Morgan fingerprint density at radius 3 is 2.48 bits per heavy atom. The molecule has 1 atom stereocenters. The molecule has 0 radical (unpaired) electrons.